The van der Waals surface area contributed by atoms with Crippen molar-refractivity contribution in [1.82, 2.24) is 9.80 Å². The maximum absolute atomic E-state index is 9.02. The van der Waals surface area contributed by atoms with Crippen LogP contribution in [0.25, 0.3) is 0 Å². The molecule has 0 amide bonds. The fourth-order valence-corrected chi connectivity index (χ4v) is 3.50. The highest BCUT2D eigenvalue weighted by molar-refractivity contribution is 4.92. The molecule has 0 aromatic carbocycles. The molecule has 2 aliphatic heterocycles. The van der Waals surface area contributed by atoms with E-state index in [0.29, 0.717) is 6.04 Å². The average molecular weight is 263 g/mol. The maximum Gasteiger partial charge on any atom is 0.0683 e. The minimum Gasteiger partial charge on any atom is -0.298 e. The highest BCUT2D eigenvalue weighted by Gasteiger charge is 2.33. The van der Waals surface area contributed by atoms with Crippen molar-refractivity contribution in [3.8, 4) is 6.07 Å². The first-order chi connectivity index (χ1) is 9.02. The lowest BCUT2D eigenvalue weighted by Gasteiger charge is -2.42. The summed E-state index contributed by atoms with van der Waals surface area (Å²) in [6.07, 6.45) is 6.23. The van der Waals surface area contributed by atoms with E-state index in [1.165, 1.54) is 51.9 Å². The Balaban J connectivity index is 1.70. The zero-order valence-electron chi connectivity index (χ0n) is 12.9. The largest absolute Gasteiger partial charge is 0.298 e. The van der Waals surface area contributed by atoms with Crippen LogP contribution in [0.4, 0.5) is 0 Å². The molecule has 2 unspecified atom stereocenters. The van der Waals surface area contributed by atoms with Gasteiger partial charge in [0.25, 0.3) is 0 Å². The zero-order valence-corrected chi connectivity index (χ0v) is 12.9. The van der Waals surface area contributed by atoms with Gasteiger partial charge in [0.1, 0.15) is 0 Å². The summed E-state index contributed by atoms with van der Waals surface area (Å²) in [4.78, 5) is 5.35. The SMILES string of the molecule is CC1CN2CCCC2CN1CCCCC(C)(C)C#N. The lowest BCUT2D eigenvalue weighted by Crippen LogP contribution is -2.54. The number of nitrogens with zero attached hydrogens (tertiary/aromatic N) is 3. The molecule has 2 heterocycles. The normalized spacial score (nSPS) is 29.2. The van der Waals surface area contributed by atoms with Gasteiger partial charge in [-0.2, -0.15) is 5.26 Å². The predicted octanol–water partition coefficient (Wildman–Crippen LogP) is 2.87. The third-order valence-corrected chi connectivity index (χ3v) is 4.87. The van der Waals surface area contributed by atoms with Crippen molar-refractivity contribution in [3.63, 3.8) is 0 Å². The quantitative estimate of drug-likeness (QED) is 0.715. The summed E-state index contributed by atoms with van der Waals surface area (Å²) < 4.78 is 0. The number of unbranched alkanes of at least 4 members (excludes halogenated alkanes) is 1. The molecule has 2 fully saturated rings. The summed E-state index contributed by atoms with van der Waals surface area (Å²) in [5, 5.41) is 9.02. The van der Waals surface area contributed by atoms with E-state index in [1.807, 2.05) is 13.8 Å². The third kappa shape index (κ3) is 3.94. The van der Waals surface area contributed by atoms with Crippen LogP contribution >= 0.6 is 0 Å². The van der Waals surface area contributed by atoms with Crippen LogP contribution in [0.2, 0.25) is 0 Å². The molecule has 0 aromatic heterocycles. The van der Waals surface area contributed by atoms with Crippen molar-refractivity contribution in [1.29, 1.82) is 5.26 Å². The van der Waals surface area contributed by atoms with Gasteiger partial charge in [0.15, 0.2) is 0 Å². The second-order valence-corrected chi connectivity index (χ2v) is 7.09. The number of rotatable bonds is 5. The summed E-state index contributed by atoms with van der Waals surface area (Å²) in [7, 11) is 0. The van der Waals surface area contributed by atoms with E-state index in [-0.39, 0.29) is 5.41 Å². The second-order valence-electron chi connectivity index (χ2n) is 7.09. The summed E-state index contributed by atoms with van der Waals surface area (Å²) in [5.74, 6) is 0. The minimum absolute atomic E-state index is 0.143. The molecule has 2 rings (SSSR count). The van der Waals surface area contributed by atoms with Crippen molar-refractivity contribution in [2.24, 2.45) is 5.41 Å². The molecule has 3 nitrogen and oxygen atoms in total. The molecule has 2 saturated heterocycles. The molecule has 19 heavy (non-hydrogen) atoms. The molecule has 0 aromatic rings. The van der Waals surface area contributed by atoms with Crippen molar-refractivity contribution in [2.75, 3.05) is 26.2 Å². The molecule has 0 N–H and O–H groups in total. The molecule has 0 radical (unpaired) electrons. The van der Waals surface area contributed by atoms with E-state index in [2.05, 4.69) is 22.8 Å². The Morgan fingerprint density at radius 3 is 2.79 bits per heavy atom. The molecule has 0 saturated carbocycles. The Morgan fingerprint density at radius 2 is 2.05 bits per heavy atom. The highest BCUT2D eigenvalue weighted by Crippen LogP contribution is 2.26. The molecule has 2 aliphatic rings. The highest BCUT2D eigenvalue weighted by atomic mass is 15.3. The lowest BCUT2D eigenvalue weighted by atomic mass is 9.89. The monoisotopic (exact) mass is 263 g/mol. The Kier molecular flexibility index (Phi) is 4.86. The van der Waals surface area contributed by atoms with E-state index in [1.54, 1.807) is 0 Å². The van der Waals surface area contributed by atoms with E-state index in [4.69, 9.17) is 5.26 Å². The first-order valence-electron chi connectivity index (χ1n) is 7.91. The fourth-order valence-electron chi connectivity index (χ4n) is 3.50. The minimum atomic E-state index is -0.143. The van der Waals surface area contributed by atoms with Crippen molar-refractivity contribution in [2.45, 2.75) is 65.0 Å². The van der Waals surface area contributed by atoms with Gasteiger partial charge in [0.2, 0.25) is 0 Å². The summed E-state index contributed by atoms with van der Waals surface area (Å²) in [5.41, 5.74) is -0.143. The van der Waals surface area contributed by atoms with Crippen LogP contribution in [-0.2, 0) is 0 Å². The van der Waals surface area contributed by atoms with Crippen LogP contribution in [0, 0.1) is 16.7 Å². The van der Waals surface area contributed by atoms with Crippen LogP contribution in [0.15, 0.2) is 0 Å². The van der Waals surface area contributed by atoms with Crippen LogP contribution in [-0.4, -0.2) is 48.1 Å². The van der Waals surface area contributed by atoms with Gasteiger partial charge >= 0.3 is 0 Å². The van der Waals surface area contributed by atoms with Crippen molar-refractivity contribution in [3.05, 3.63) is 0 Å². The second kappa shape index (κ2) is 6.24. The van der Waals surface area contributed by atoms with Crippen molar-refractivity contribution < 1.29 is 0 Å². The summed E-state index contributed by atoms with van der Waals surface area (Å²) >= 11 is 0. The molecule has 3 heteroatoms. The van der Waals surface area contributed by atoms with Gasteiger partial charge < -0.3 is 0 Å². The first kappa shape index (κ1) is 14.8. The van der Waals surface area contributed by atoms with E-state index >= 15 is 0 Å². The number of piperazine rings is 1. The first-order valence-corrected chi connectivity index (χ1v) is 7.91. The van der Waals surface area contributed by atoms with E-state index in [9.17, 15) is 0 Å². The molecule has 2 atom stereocenters. The third-order valence-electron chi connectivity index (χ3n) is 4.87. The number of nitriles is 1. The molecular formula is C16H29N3. The standard InChI is InChI=1S/C16H29N3/c1-14-11-19-10-6-7-15(19)12-18(14)9-5-4-8-16(2,3)13-17/h14-15H,4-12H2,1-3H3. The van der Waals surface area contributed by atoms with E-state index in [0.717, 1.165) is 12.5 Å². The fraction of sp³-hybridized carbons (Fsp3) is 0.938. The molecular weight excluding hydrogens is 234 g/mol. The van der Waals surface area contributed by atoms with Gasteiger partial charge in [0.05, 0.1) is 11.5 Å². The lowest BCUT2D eigenvalue weighted by molar-refractivity contribution is 0.0580. The van der Waals surface area contributed by atoms with Crippen molar-refractivity contribution >= 4 is 0 Å². The summed E-state index contributed by atoms with van der Waals surface area (Å²) in [6.45, 7) is 11.5. The number of fused-ring (bicyclic) bond motifs is 1. The Labute approximate surface area is 118 Å². The van der Waals surface area contributed by atoms with Crippen LogP contribution in [0.1, 0.15) is 52.9 Å². The Hall–Kier alpha value is -0.590. The Morgan fingerprint density at radius 1 is 1.26 bits per heavy atom. The Bertz CT molecular complexity index is 331. The number of hydrogen-bond acceptors (Lipinski definition) is 3. The molecule has 108 valence electrons. The molecule has 0 spiro atoms. The zero-order chi connectivity index (χ0) is 13.9. The van der Waals surface area contributed by atoms with Crippen LogP contribution < -0.4 is 0 Å². The van der Waals surface area contributed by atoms with Gasteiger partial charge in [-0.1, -0.05) is 6.42 Å². The number of hydrogen-bond donors (Lipinski definition) is 0. The van der Waals surface area contributed by atoms with Gasteiger partial charge in [0, 0.05) is 25.2 Å². The topological polar surface area (TPSA) is 30.3 Å². The van der Waals surface area contributed by atoms with Crippen LogP contribution in [0.3, 0.4) is 0 Å². The molecule has 0 aliphatic carbocycles. The average Bonchev–Trinajstić information content (AvgIpc) is 2.81. The van der Waals surface area contributed by atoms with E-state index < -0.39 is 0 Å². The maximum atomic E-state index is 9.02. The van der Waals surface area contributed by atoms with Gasteiger partial charge in [-0.25, -0.2) is 0 Å². The predicted molar refractivity (Wildman–Crippen MR) is 78.9 cm³/mol. The molecule has 0 bridgehead atoms. The summed E-state index contributed by atoms with van der Waals surface area (Å²) in [6, 6.07) is 3.93. The smallest absolute Gasteiger partial charge is 0.0683 e. The van der Waals surface area contributed by atoms with Gasteiger partial charge in [-0.05, 0) is 59.5 Å². The van der Waals surface area contributed by atoms with Gasteiger partial charge in [-0.3, -0.25) is 9.80 Å². The van der Waals surface area contributed by atoms with Crippen LogP contribution in [0.5, 0.6) is 0 Å². The van der Waals surface area contributed by atoms with Gasteiger partial charge in [-0.15, -0.1) is 0 Å².